The van der Waals surface area contributed by atoms with E-state index in [9.17, 15) is 9.90 Å². The molecule has 3 aromatic carbocycles. The van der Waals surface area contributed by atoms with Crippen LogP contribution in [-0.4, -0.2) is 30.7 Å². The van der Waals surface area contributed by atoms with E-state index in [2.05, 4.69) is 66.1 Å². The lowest BCUT2D eigenvalue weighted by molar-refractivity contribution is -0.126. The van der Waals surface area contributed by atoms with Crippen LogP contribution in [0.5, 0.6) is 5.75 Å². The Bertz CT molecular complexity index is 1120. The maximum atomic E-state index is 12.8. The van der Waals surface area contributed by atoms with Crippen molar-refractivity contribution in [3.8, 4) is 16.9 Å². The Morgan fingerprint density at radius 3 is 2.54 bits per heavy atom. The summed E-state index contributed by atoms with van der Waals surface area (Å²) >= 11 is 0. The van der Waals surface area contributed by atoms with Crippen LogP contribution < -0.4 is 15.4 Å². The molecule has 35 heavy (non-hydrogen) atoms. The van der Waals surface area contributed by atoms with Gasteiger partial charge in [0.05, 0.1) is 6.04 Å². The number of piperidine rings is 1. The van der Waals surface area contributed by atoms with Gasteiger partial charge < -0.3 is 20.5 Å². The second-order valence-corrected chi connectivity index (χ2v) is 9.37. The van der Waals surface area contributed by atoms with Gasteiger partial charge in [-0.1, -0.05) is 60.7 Å². The Balaban J connectivity index is 1.44. The van der Waals surface area contributed by atoms with Gasteiger partial charge in [0, 0.05) is 12.5 Å². The number of amides is 1. The van der Waals surface area contributed by atoms with Gasteiger partial charge in [0.1, 0.15) is 12.4 Å². The number of hydrogen-bond donors (Lipinski definition) is 3. The molecule has 1 fully saturated rings. The molecule has 0 bridgehead atoms. The van der Waals surface area contributed by atoms with Crippen molar-refractivity contribution >= 4 is 5.91 Å². The molecule has 0 aliphatic carbocycles. The van der Waals surface area contributed by atoms with E-state index in [1.165, 1.54) is 16.7 Å². The van der Waals surface area contributed by atoms with E-state index in [-0.39, 0.29) is 24.5 Å². The lowest BCUT2D eigenvalue weighted by atomic mass is 9.95. The fourth-order valence-electron chi connectivity index (χ4n) is 4.80. The van der Waals surface area contributed by atoms with E-state index in [1.54, 1.807) is 0 Å². The van der Waals surface area contributed by atoms with Crippen LogP contribution in [0.4, 0.5) is 0 Å². The van der Waals surface area contributed by atoms with Crippen LogP contribution in [0.15, 0.2) is 66.7 Å². The molecule has 0 saturated carbocycles. The van der Waals surface area contributed by atoms with Gasteiger partial charge in [-0.05, 0) is 85.6 Å². The first-order valence-electron chi connectivity index (χ1n) is 12.6. The van der Waals surface area contributed by atoms with Crippen molar-refractivity contribution in [2.24, 2.45) is 5.92 Å². The van der Waals surface area contributed by atoms with E-state index >= 15 is 0 Å². The lowest BCUT2D eigenvalue weighted by Gasteiger charge is -2.26. The minimum Gasteiger partial charge on any atom is -0.489 e. The first kappa shape index (κ1) is 25.0. The SMILES string of the molecule is Cc1cc(C(CCO)NC(=O)C2CCNCC2)ccc1OCc1cccc(-c2ccccc2)c1C. The normalized spacial score (nSPS) is 14.9. The number of nitrogens with one attached hydrogen (secondary N) is 2. The van der Waals surface area contributed by atoms with Gasteiger partial charge in [0.15, 0.2) is 0 Å². The highest BCUT2D eigenvalue weighted by Gasteiger charge is 2.24. The highest BCUT2D eigenvalue weighted by molar-refractivity contribution is 5.79. The molecule has 4 rings (SSSR count). The van der Waals surface area contributed by atoms with Crippen molar-refractivity contribution in [3.63, 3.8) is 0 Å². The summed E-state index contributed by atoms with van der Waals surface area (Å²) in [5.74, 6) is 0.943. The van der Waals surface area contributed by atoms with Gasteiger partial charge in [-0.15, -0.1) is 0 Å². The predicted molar refractivity (Wildman–Crippen MR) is 140 cm³/mol. The zero-order valence-electron chi connectivity index (χ0n) is 20.7. The quantitative estimate of drug-likeness (QED) is 0.406. The van der Waals surface area contributed by atoms with Crippen LogP contribution >= 0.6 is 0 Å². The number of aliphatic hydroxyl groups is 1. The summed E-state index contributed by atoms with van der Waals surface area (Å²) in [6.07, 6.45) is 2.20. The molecule has 1 aliphatic rings. The first-order valence-corrected chi connectivity index (χ1v) is 12.6. The molecule has 0 aromatic heterocycles. The van der Waals surface area contributed by atoms with E-state index in [1.807, 2.05) is 25.1 Å². The third kappa shape index (κ3) is 6.30. The van der Waals surface area contributed by atoms with Gasteiger partial charge in [0.25, 0.3) is 0 Å². The molecular formula is C30H36N2O3. The number of ether oxygens (including phenoxy) is 1. The van der Waals surface area contributed by atoms with Gasteiger partial charge in [0.2, 0.25) is 5.91 Å². The molecule has 5 nitrogen and oxygen atoms in total. The highest BCUT2D eigenvalue weighted by atomic mass is 16.5. The molecule has 3 aromatic rings. The van der Waals surface area contributed by atoms with Gasteiger partial charge in [-0.3, -0.25) is 4.79 Å². The average molecular weight is 473 g/mol. The van der Waals surface area contributed by atoms with Crippen molar-refractivity contribution in [2.45, 2.75) is 45.8 Å². The molecule has 1 amide bonds. The third-order valence-electron chi connectivity index (χ3n) is 6.96. The Morgan fingerprint density at radius 2 is 1.83 bits per heavy atom. The molecular weight excluding hydrogens is 436 g/mol. The summed E-state index contributed by atoms with van der Waals surface area (Å²) in [5.41, 5.74) is 6.80. The number of aryl methyl sites for hydroxylation is 1. The smallest absolute Gasteiger partial charge is 0.223 e. The summed E-state index contributed by atoms with van der Waals surface area (Å²) < 4.78 is 6.22. The van der Waals surface area contributed by atoms with Crippen LogP contribution in [0.1, 0.15) is 47.6 Å². The highest BCUT2D eigenvalue weighted by Crippen LogP contribution is 2.29. The zero-order valence-corrected chi connectivity index (χ0v) is 20.7. The van der Waals surface area contributed by atoms with Crippen molar-refractivity contribution in [3.05, 3.63) is 89.0 Å². The predicted octanol–water partition coefficient (Wildman–Crippen LogP) is 5.09. The van der Waals surface area contributed by atoms with Gasteiger partial charge in [-0.25, -0.2) is 0 Å². The second-order valence-electron chi connectivity index (χ2n) is 9.37. The topological polar surface area (TPSA) is 70.6 Å². The van der Waals surface area contributed by atoms with E-state index in [4.69, 9.17) is 4.74 Å². The number of benzene rings is 3. The van der Waals surface area contributed by atoms with Crippen LogP contribution in [0.25, 0.3) is 11.1 Å². The number of hydrogen-bond acceptors (Lipinski definition) is 4. The van der Waals surface area contributed by atoms with E-state index in [0.29, 0.717) is 13.0 Å². The fourth-order valence-corrected chi connectivity index (χ4v) is 4.80. The molecule has 5 heteroatoms. The molecule has 1 unspecified atom stereocenters. The van der Waals surface area contributed by atoms with Crippen LogP contribution in [0.3, 0.4) is 0 Å². The summed E-state index contributed by atoms with van der Waals surface area (Å²) in [7, 11) is 0. The lowest BCUT2D eigenvalue weighted by Crippen LogP contribution is -2.39. The Hall–Kier alpha value is -3.15. The van der Waals surface area contributed by atoms with Crippen LogP contribution in [0, 0.1) is 19.8 Å². The first-order chi connectivity index (χ1) is 17.1. The molecule has 1 saturated heterocycles. The maximum absolute atomic E-state index is 12.8. The van der Waals surface area contributed by atoms with Crippen LogP contribution in [0.2, 0.25) is 0 Å². The fraction of sp³-hybridized carbons (Fsp3) is 0.367. The van der Waals surface area contributed by atoms with E-state index < -0.39 is 0 Å². The van der Waals surface area contributed by atoms with Gasteiger partial charge in [-0.2, -0.15) is 0 Å². The summed E-state index contributed by atoms with van der Waals surface area (Å²) in [6.45, 7) is 6.42. The largest absolute Gasteiger partial charge is 0.489 e. The molecule has 184 valence electrons. The maximum Gasteiger partial charge on any atom is 0.223 e. The monoisotopic (exact) mass is 472 g/mol. The Morgan fingerprint density at radius 1 is 1.06 bits per heavy atom. The molecule has 1 atom stereocenters. The molecule has 1 heterocycles. The number of carbonyl (C=O) groups excluding carboxylic acids is 1. The third-order valence-corrected chi connectivity index (χ3v) is 6.96. The molecule has 3 N–H and O–H groups in total. The Labute approximate surface area is 208 Å². The van der Waals surface area contributed by atoms with E-state index in [0.717, 1.165) is 48.4 Å². The standard InChI is InChI=1S/C30H36N2O3/c1-21-19-25(28(15-18-33)32-30(34)24-13-16-31-17-14-24)11-12-29(21)35-20-26-9-6-10-27(22(26)2)23-7-4-3-5-8-23/h3-12,19,24,28,31,33H,13-18,20H2,1-2H3,(H,32,34). The van der Waals surface area contributed by atoms with Crippen LogP contribution in [-0.2, 0) is 11.4 Å². The summed E-state index contributed by atoms with van der Waals surface area (Å²) in [6, 6.07) is 22.6. The van der Waals surface area contributed by atoms with Crippen molar-refractivity contribution in [2.75, 3.05) is 19.7 Å². The Kier molecular flexibility index (Phi) is 8.56. The average Bonchev–Trinajstić information content (AvgIpc) is 2.89. The number of carbonyl (C=O) groups is 1. The van der Waals surface area contributed by atoms with Crippen molar-refractivity contribution in [1.82, 2.24) is 10.6 Å². The summed E-state index contributed by atoms with van der Waals surface area (Å²) in [5, 5.41) is 16.1. The van der Waals surface area contributed by atoms with Crippen molar-refractivity contribution in [1.29, 1.82) is 0 Å². The number of rotatable bonds is 9. The molecule has 1 aliphatic heterocycles. The minimum absolute atomic E-state index is 0.0193. The minimum atomic E-state index is -0.208. The molecule has 0 radical (unpaired) electrons. The van der Waals surface area contributed by atoms with Gasteiger partial charge >= 0.3 is 0 Å². The second kappa shape index (κ2) is 12.0. The molecule has 0 spiro atoms. The number of aliphatic hydroxyl groups excluding tert-OH is 1. The zero-order chi connectivity index (χ0) is 24.6. The summed E-state index contributed by atoms with van der Waals surface area (Å²) in [4.78, 5) is 12.8. The van der Waals surface area contributed by atoms with Crippen molar-refractivity contribution < 1.29 is 14.6 Å².